The van der Waals surface area contributed by atoms with Gasteiger partial charge in [0.15, 0.2) is 0 Å². The molecule has 6 heteroatoms. The molecule has 1 aromatic carbocycles. The third-order valence-corrected chi connectivity index (χ3v) is 5.83. The van der Waals surface area contributed by atoms with Gasteiger partial charge in [-0.3, -0.25) is 9.59 Å². The monoisotopic (exact) mass is 444 g/mol. The van der Waals surface area contributed by atoms with Crippen molar-refractivity contribution in [3.05, 3.63) is 57.8 Å². The van der Waals surface area contributed by atoms with Gasteiger partial charge in [-0.1, -0.05) is 51.1 Å². The Labute approximate surface area is 191 Å². The van der Waals surface area contributed by atoms with Gasteiger partial charge in [0.05, 0.1) is 13.1 Å². The maximum atomic E-state index is 13.4. The standard InChI is InChI=1S/C25H36N2O3S/c1-20-12-13-22(31-20)18-27(17-21-10-7-6-8-11-21)24(29)19-26(14-9-15-30-5)23(28)16-25(2,3)4/h6-8,10-13H,9,14-19H2,1-5H3. The van der Waals surface area contributed by atoms with E-state index in [1.54, 1.807) is 23.3 Å². The van der Waals surface area contributed by atoms with Crippen molar-refractivity contribution in [1.82, 2.24) is 9.80 Å². The molecule has 0 saturated heterocycles. The van der Waals surface area contributed by atoms with Gasteiger partial charge in [0.1, 0.15) is 0 Å². The SMILES string of the molecule is COCCCN(CC(=O)N(Cc1ccccc1)Cc1ccc(C)s1)C(=O)CC(C)(C)C. The first-order chi connectivity index (χ1) is 14.7. The molecule has 2 amide bonds. The molecule has 31 heavy (non-hydrogen) atoms. The highest BCUT2D eigenvalue weighted by Crippen LogP contribution is 2.21. The normalized spacial score (nSPS) is 11.4. The van der Waals surface area contributed by atoms with Crippen LogP contribution >= 0.6 is 11.3 Å². The predicted octanol–water partition coefficient (Wildman–Crippen LogP) is 4.89. The molecule has 0 aliphatic heterocycles. The summed E-state index contributed by atoms with van der Waals surface area (Å²) < 4.78 is 5.15. The lowest BCUT2D eigenvalue weighted by Crippen LogP contribution is -2.43. The van der Waals surface area contributed by atoms with Gasteiger partial charge in [-0.2, -0.15) is 0 Å². The molecule has 0 bridgehead atoms. The number of aryl methyl sites for hydroxylation is 1. The molecule has 1 heterocycles. The topological polar surface area (TPSA) is 49.9 Å². The van der Waals surface area contributed by atoms with Crippen LogP contribution in [0.15, 0.2) is 42.5 Å². The molecule has 0 radical (unpaired) electrons. The van der Waals surface area contributed by atoms with Crippen LogP contribution in [0.4, 0.5) is 0 Å². The fraction of sp³-hybridized carbons (Fsp3) is 0.520. The van der Waals surface area contributed by atoms with Gasteiger partial charge in [-0.05, 0) is 36.5 Å². The zero-order chi connectivity index (χ0) is 22.9. The maximum absolute atomic E-state index is 13.4. The lowest BCUT2D eigenvalue weighted by molar-refractivity contribution is -0.142. The number of nitrogens with zero attached hydrogens (tertiary/aromatic N) is 2. The Hall–Kier alpha value is -2.18. The van der Waals surface area contributed by atoms with Crippen LogP contribution in [0.1, 0.15) is 48.9 Å². The highest BCUT2D eigenvalue weighted by Gasteiger charge is 2.25. The average Bonchev–Trinajstić information content (AvgIpc) is 3.11. The van der Waals surface area contributed by atoms with E-state index in [1.807, 2.05) is 56.0 Å². The van der Waals surface area contributed by atoms with E-state index in [0.29, 0.717) is 39.1 Å². The number of methoxy groups -OCH3 is 1. The smallest absolute Gasteiger partial charge is 0.242 e. The van der Waals surface area contributed by atoms with Crippen molar-refractivity contribution in [2.24, 2.45) is 5.41 Å². The van der Waals surface area contributed by atoms with Crippen LogP contribution in [-0.2, 0) is 27.4 Å². The van der Waals surface area contributed by atoms with E-state index in [0.717, 1.165) is 10.4 Å². The number of benzene rings is 1. The number of thiophene rings is 1. The van der Waals surface area contributed by atoms with Gasteiger partial charge in [0.25, 0.3) is 0 Å². The van der Waals surface area contributed by atoms with Gasteiger partial charge in [-0.25, -0.2) is 0 Å². The van der Waals surface area contributed by atoms with Gasteiger partial charge in [0, 0.05) is 43.0 Å². The summed E-state index contributed by atoms with van der Waals surface area (Å²) in [5.74, 6) is -0.0156. The molecule has 2 aromatic rings. The van der Waals surface area contributed by atoms with E-state index in [-0.39, 0.29) is 23.8 Å². The average molecular weight is 445 g/mol. The number of rotatable bonds is 11. The summed E-state index contributed by atoms with van der Waals surface area (Å²) in [6.45, 7) is 10.4. The van der Waals surface area contributed by atoms with Crippen LogP contribution in [0, 0.1) is 12.3 Å². The molecule has 0 N–H and O–H groups in total. The van der Waals surface area contributed by atoms with Gasteiger partial charge in [0.2, 0.25) is 11.8 Å². The summed E-state index contributed by atoms with van der Waals surface area (Å²) in [4.78, 5) is 32.3. The molecular formula is C25H36N2O3S. The van der Waals surface area contributed by atoms with E-state index >= 15 is 0 Å². The summed E-state index contributed by atoms with van der Waals surface area (Å²) in [5, 5.41) is 0. The fourth-order valence-electron chi connectivity index (χ4n) is 3.31. The number of ether oxygens (including phenoxy) is 1. The minimum Gasteiger partial charge on any atom is -0.385 e. The number of hydrogen-bond donors (Lipinski definition) is 0. The first kappa shape index (κ1) is 25.1. The summed E-state index contributed by atoms with van der Waals surface area (Å²) in [7, 11) is 1.65. The Bertz CT molecular complexity index is 827. The summed E-state index contributed by atoms with van der Waals surface area (Å²) in [6.07, 6.45) is 1.12. The van der Waals surface area contributed by atoms with Crippen molar-refractivity contribution in [2.75, 3.05) is 26.8 Å². The minimum absolute atomic E-state index is 0.0172. The molecule has 0 aliphatic carbocycles. The second-order valence-corrected chi connectivity index (χ2v) is 10.5. The molecule has 0 saturated carbocycles. The first-order valence-corrected chi connectivity index (χ1v) is 11.6. The third kappa shape index (κ3) is 9.23. The van der Waals surface area contributed by atoms with Crippen LogP contribution in [0.25, 0.3) is 0 Å². The Balaban J connectivity index is 2.16. The van der Waals surface area contributed by atoms with Crippen LogP contribution in [-0.4, -0.2) is 48.4 Å². The van der Waals surface area contributed by atoms with Crippen LogP contribution in [0.3, 0.4) is 0 Å². The molecule has 0 aliphatic rings. The van der Waals surface area contributed by atoms with Gasteiger partial charge >= 0.3 is 0 Å². The van der Waals surface area contributed by atoms with Crippen molar-refractivity contribution < 1.29 is 14.3 Å². The zero-order valence-corrected chi connectivity index (χ0v) is 20.3. The lowest BCUT2D eigenvalue weighted by Gasteiger charge is -2.29. The van der Waals surface area contributed by atoms with Crippen molar-refractivity contribution >= 4 is 23.2 Å². The van der Waals surface area contributed by atoms with Crippen molar-refractivity contribution in [3.63, 3.8) is 0 Å². The molecule has 0 unspecified atom stereocenters. The summed E-state index contributed by atoms with van der Waals surface area (Å²) >= 11 is 1.70. The fourth-order valence-corrected chi connectivity index (χ4v) is 4.22. The zero-order valence-electron chi connectivity index (χ0n) is 19.5. The van der Waals surface area contributed by atoms with Crippen LogP contribution in [0.2, 0.25) is 0 Å². The molecule has 0 atom stereocenters. The Morgan fingerprint density at radius 1 is 0.968 bits per heavy atom. The largest absolute Gasteiger partial charge is 0.385 e. The van der Waals surface area contributed by atoms with E-state index in [9.17, 15) is 9.59 Å². The molecule has 1 aromatic heterocycles. The van der Waals surface area contributed by atoms with Crippen LogP contribution in [0.5, 0.6) is 0 Å². The van der Waals surface area contributed by atoms with E-state index in [4.69, 9.17) is 4.74 Å². The predicted molar refractivity (Wildman–Crippen MR) is 127 cm³/mol. The van der Waals surface area contributed by atoms with Crippen molar-refractivity contribution in [1.29, 1.82) is 0 Å². The second kappa shape index (κ2) is 12.0. The summed E-state index contributed by atoms with van der Waals surface area (Å²) in [5.41, 5.74) is 0.953. The molecule has 2 rings (SSSR count). The minimum atomic E-state index is -0.127. The van der Waals surface area contributed by atoms with E-state index in [2.05, 4.69) is 19.1 Å². The quantitative estimate of drug-likeness (QED) is 0.464. The van der Waals surface area contributed by atoms with Crippen LogP contribution < -0.4 is 0 Å². The number of hydrogen-bond acceptors (Lipinski definition) is 4. The molecule has 170 valence electrons. The molecule has 5 nitrogen and oxygen atoms in total. The van der Waals surface area contributed by atoms with Crippen molar-refractivity contribution in [3.8, 4) is 0 Å². The highest BCUT2D eigenvalue weighted by atomic mass is 32.1. The lowest BCUT2D eigenvalue weighted by atomic mass is 9.91. The Kier molecular flexibility index (Phi) is 9.72. The summed E-state index contributed by atoms with van der Waals surface area (Å²) in [6, 6.07) is 14.2. The highest BCUT2D eigenvalue weighted by molar-refractivity contribution is 7.11. The van der Waals surface area contributed by atoms with E-state index in [1.165, 1.54) is 4.88 Å². The van der Waals surface area contributed by atoms with E-state index < -0.39 is 0 Å². The Morgan fingerprint density at radius 2 is 1.68 bits per heavy atom. The Morgan fingerprint density at radius 3 is 2.26 bits per heavy atom. The number of carbonyl (C=O) groups is 2. The van der Waals surface area contributed by atoms with Gasteiger partial charge < -0.3 is 14.5 Å². The molecular weight excluding hydrogens is 408 g/mol. The maximum Gasteiger partial charge on any atom is 0.242 e. The van der Waals surface area contributed by atoms with Gasteiger partial charge in [-0.15, -0.1) is 11.3 Å². The molecule has 0 fully saturated rings. The number of amides is 2. The van der Waals surface area contributed by atoms with Crippen molar-refractivity contribution in [2.45, 2.75) is 53.6 Å². The second-order valence-electron chi connectivity index (χ2n) is 9.15. The first-order valence-electron chi connectivity index (χ1n) is 10.8. The molecule has 0 spiro atoms. The number of carbonyl (C=O) groups excluding carboxylic acids is 2. The third-order valence-electron chi connectivity index (χ3n) is 4.85.